The van der Waals surface area contributed by atoms with Crippen LogP contribution < -0.4 is 0 Å². The summed E-state index contributed by atoms with van der Waals surface area (Å²) >= 11 is 0. The van der Waals surface area contributed by atoms with Gasteiger partial charge >= 0.3 is 0 Å². The first-order chi connectivity index (χ1) is 7.49. The summed E-state index contributed by atoms with van der Waals surface area (Å²) in [6.45, 7) is 8.14. The molecule has 0 bridgehead atoms. The van der Waals surface area contributed by atoms with Crippen molar-refractivity contribution < 1.29 is 5.11 Å². The van der Waals surface area contributed by atoms with Crippen molar-refractivity contribution in [1.29, 1.82) is 0 Å². The highest BCUT2D eigenvalue weighted by molar-refractivity contribution is 5.24. The number of rotatable bonds is 5. The highest BCUT2D eigenvalue weighted by Crippen LogP contribution is 2.15. The zero-order valence-corrected chi connectivity index (χ0v) is 10.8. The molecule has 0 radical (unpaired) electrons. The van der Waals surface area contributed by atoms with Gasteiger partial charge in [0.25, 0.3) is 0 Å². The molecule has 0 saturated carbocycles. The summed E-state index contributed by atoms with van der Waals surface area (Å²) < 4.78 is 0. The van der Waals surface area contributed by atoms with Crippen molar-refractivity contribution in [1.82, 2.24) is 4.90 Å². The van der Waals surface area contributed by atoms with Crippen molar-refractivity contribution in [2.75, 3.05) is 20.1 Å². The Hall–Kier alpha value is -0.860. The summed E-state index contributed by atoms with van der Waals surface area (Å²) in [4.78, 5) is 2.18. The first kappa shape index (κ1) is 13.2. The number of aliphatic hydroxyl groups is 1. The smallest absolute Gasteiger partial charge is 0.0916 e. The van der Waals surface area contributed by atoms with Gasteiger partial charge in [0.2, 0.25) is 0 Å². The number of aryl methyl sites for hydroxylation is 1. The Morgan fingerprint density at radius 3 is 2.50 bits per heavy atom. The predicted octanol–water partition coefficient (Wildman–Crippen LogP) is 2.62. The van der Waals surface area contributed by atoms with Crippen molar-refractivity contribution >= 4 is 0 Å². The Kier molecular flexibility index (Phi) is 4.97. The van der Waals surface area contributed by atoms with E-state index in [1.165, 1.54) is 5.56 Å². The molecule has 0 aliphatic carbocycles. The van der Waals surface area contributed by atoms with Crippen molar-refractivity contribution in [2.45, 2.75) is 26.9 Å². The molecule has 1 rings (SSSR count). The summed E-state index contributed by atoms with van der Waals surface area (Å²) in [6, 6.07) is 8.08. The summed E-state index contributed by atoms with van der Waals surface area (Å²) in [6.07, 6.45) is -0.386. The van der Waals surface area contributed by atoms with Crippen LogP contribution in [0.2, 0.25) is 0 Å². The first-order valence-electron chi connectivity index (χ1n) is 5.92. The number of hydrogen-bond acceptors (Lipinski definition) is 2. The van der Waals surface area contributed by atoms with E-state index in [9.17, 15) is 5.11 Å². The Morgan fingerprint density at radius 2 is 1.94 bits per heavy atom. The maximum atomic E-state index is 10.1. The lowest BCUT2D eigenvalue weighted by molar-refractivity contribution is 0.121. The standard InChI is InChI=1S/C14H23NO/c1-11(2)9-15(4)10-14(16)13-7-5-6-12(3)8-13/h5-8,11,14,16H,9-10H2,1-4H3. The molecule has 0 fully saturated rings. The number of nitrogens with zero attached hydrogens (tertiary/aromatic N) is 1. The molecule has 0 aliphatic rings. The fraction of sp³-hybridized carbons (Fsp3) is 0.571. The third-order valence-electron chi connectivity index (χ3n) is 2.59. The monoisotopic (exact) mass is 221 g/mol. The third-order valence-corrected chi connectivity index (χ3v) is 2.59. The van der Waals surface area contributed by atoms with E-state index in [2.05, 4.69) is 25.8 Å². The van der Waals surface area contributed by atoms with Crippen molar-refractivity contribution in [3.05, 3.63) is 35.4 Å². The van der Waals surface area contributed by atoms with Gasteiger partial charge in [0.15, 0.2) is 0 Å². The second kappa shape index (κ2) is 6.02. The molecule has 1 aromatic rings. The SMILES string of the molecule is Cc1cccc(C(O)CN(C)CC(C)C)c1. The van der Waals surface area contributed by atoms with Crippen LogP contribution in [-0.2, 0) is 0 Å². The summed E-state index contributed by atoms with van der Waals surface area (Å²) in [5, 5.41) is 10.1. The molecule has 2 heteroatoms. The molecule has 16 heavy (non-hydrogen) atoms. The molecule has 2 nitrogen and oxygen atoms in total. The molecule has 0 heterocycles. The molecule has 1 N–H and O–H groups in total. The molecule has 90 valence electrons. The quantitative estimate of drug-likeness (QED) is 0.826. The number of hydrogen-bond donors (Lipinski definition) is 1. The van der Waals surface area contributed by atoms with Crippen LogP contribution in [0.25, 0.3) is 0 Å². The fourth-order valence-electron chi connectivity index (χ4n) is 1.98. The Labute approximate surface area is 98.9 Å². The van der Waals surface area contributed by atoms with E-state index in [-0.39, 0.29) is 6.10 Å². The van der Waals surface area contributed by atoms with Crippen LogP contribution in [0.15, 0.2) is 24.3 Å². The van der Waals surface area contributed by atoms with E-state index < -0.39 is 0 Å². The van der Waals surface area contributed by atoms with Gasteiger partial charge in [0.05, 0.1) is 6.10 Å². The van der Waals surface area contributed by atoms with Crippen LogP contribution in [0.3, 0.4) is 0 Å². The van der Waals surface area contributed by atoms with Gasteiger partial charge in [0, 0.05) is 13.1 Å². The highest BCUT2D eigenvalue weighted by Gasteiger charge is 2.11. The summed E-state index contributed by atoms with van der Waals surface area (Å²) in [5.74, 6) is 0.634. The predicted molar refractivity (Wildman–Crippen MR) is 68.5 cm³/mol. The fourth-order valence-corrected chi connectivity index (χ4v) is 1.98. The van der Waals surface area contributed by atoms with Crippen LogP contribution in [0.4, 0.5) is 0 Å². The molecule has 1 aromatic carbocycles. The first-order valence-corrected chi connectivity index (χ1v) is 5.92. The van der Waals surface area contributed by atoms with Crippen molar-refractivity contribution in [2.24, 2.45) is 5.92 Å². The Bertz CT molecular complexity index is 322. The van der Waals surface area contributed by atoms with E-state index in [0.717, 1.165) is 12.1 Å². The van der Waals surface area contributed by atoms with E-state index in [1.54, 1.807) is 0 Å². The van der Waals surface area contributed by atoms with Crippen LogP contribution in [0.1, 0.15) is 31.1 Å². The highest BCUT2D eigenvalue weighted by atomic mass is 16.3. The maximum Gasteiger partial charge on any atom is 0.0916 e. The number of aliphatic hydroxyl groups excluding tert-OH is 1. The largest absolute Gasteiger partial charge is 0.387 e. The van der Waals surface area contributed by atoms with Gasteiger partial charge < -0.3 is 10.0 Å². The number of benzene rings is 1. The van der Waals surface area contributed by atoms with Crippen LogP contribution >= 0.6 is 0 Å². The topological polar surface area (TPSA) is 23.5 Å². The molecular weight excluding hydrogens is 198 g/mol. The van der Waals surface area contributed by atoms with Crippen molar-refractivity contribution in [3.63, 3.8) is 0 Å². The summed E-state index contributed by atoms with van der Waals surface area (Å²) in [5.41, 5.74) is 2.21. The zero-order chi connectivity index (χ0) is 12.1. The Balaban J connectivity index is 2.55. The molecule has 0 amide bonds. The third kappa shape index (κ3) is 4.33. The van der Waals surface area contributed by atoms with Gasteiger partial charge in [-0.05, 0) is 25.5 Å². The molecule has 0 aromatic heterocycles. The van der Waals surface area contributed by atoms with Gasteiger partial charge in [-0.3, -0.25) is 0 Å². The van der Waals surface area contributed by atoms with Crippen LogP contribution in [0.5, 0.6) is 0 Å². The molecule has 0 aliphatic heterocycles. The molecule has 1 unspecified atom stereocenters. The maximum absolute atomic E-state index is 10.1. The lowest BCUT2D eigenvalue weighted by atomic mass is 10.1. The van der Waals surface area contributed by atoms with E-state index in [0.29, 0.717) is 12.5 Å². The van der Waals surface area contributed by atoms with Crippen LogP contribution in [0, 0.1) is 12.8 Å². The minimum Gasteiger partial charge on any atom is -0.387 e. The van der Waals surface area contributed by atoms with E-state index in [1.807, 2.05) is 31.2 Å². The van der Waals surface area contributed by atoms with Gasteiger partial charge in [0.1, 0.15) is 0 Å². The lowest BCUT2D eigenvalue weighted by Crippen LogP contribution is -2.28. The number of likely N-dealkylation sites (N-methyl/N-ethyl adjacent to an activating group) is 1. The Morgan fingerprint density at radius 1 is 1.25 bits per heavy atom. The average molecular weight is 221 g/mol. The molecule has 0 saturated heterocycles. The van der Waals surface area contributed by atoms with Gasteiger partial charge in [-0.25, -0.2) is 0 Å². The van der Waals surface area contributed by atoms with Gasteiger partial charge in [-0.1, -0.05) is 43.7 Å². The van der Waals surface area contributed by atoms with Gasteiger partial charge in [-0.2, -0.15) is 0 Å². The summed E-state index contributed by atoms with van der Waals surface area (Å²) in [7, 11) is 2.05. The molecule has 0 spiro atoms. The molecular formula is C14H23NO. The van der Waals surface area contributed by atoms with Crippen molar-refractivity contribution in [3.8, 4) is 0 Å². The van der Waals surface area contributed by atoms with E-state index >= 15 is 0 Å². The lowest BCUT2D eigenvalue weighted by Gasteiger charge is -2.22. The van der Waals surface area contributed by atoms with Gasteiger partial charge in [-0.15, -0.1) is 0 Å². The second-order valence-electron chi connectivity index (χ2n) is 5.04. The molecule has 1 atom stereocenters. The normalized spacial score (nSPS) is 13.4. The average Bonchev–Trinajstić information content (AvgIpc) is 2.16. The second-order valence-corrected chi connectivity index (χ2v) is 5.04. The minimum absolute atomic E-state index is 0.386. The van der Waals surface area contributed by atoms with Crippen LogP contribution in [-0.4, -0.2) is 30.1 Å². The minimum atomic E-state index is -0.386. The van der Waals surface area contributed by atoms with E-state index in [4.69, 9.17) is 0 Å². The zero-order valence-electron chi connectivity index (χ0n) is 10.8.